The molecular formula is C38H58N6O8. The van der Waals surface area contributed by atoms with Crippen LogP contribution in [0.5, 0.6) is 0 Å². The quantitative estimate of drug-likeness (QED) is 0.188. The van der Waals surface area contributed by atoms with Crippen molar-refractivity contribution in [1.82, 2.24) is 31.1 Å². The highest BCUT2D eigenvalue weighted by atomic mass is 16.6. The van der Waals surface area contributed by atoms with Crippen molar-refractivity contribution in [2.45, 2.75) is 111 Å². The van der Waals surface area contributed by atoms with Gasteiger partial charge in [-0.2, -0.15) is 0 Å². The smallest absolute Gasteiger partial charge is 0.408 e. The number of amides is 6. The summed E-state index contributed by atoms with van der Waals surface area (Å²) in [6.45, 7) is 14.8. The molecule has 4 N–H and O–H groups in total. The van der Waals surface area contributed by atoms with Crippen LogP contribution in [0.2, 0.25) is 0 Å². The van der Waals surface area contributed by atoms with E-state index in [1.165, 1.54) is 9.80 Å². The van der Waals surface area contributed by atoms with Crippen molar-refractivity contribution in [3.05, 3.63) is 35.9 Å². The fourth-order valence-electron chi connectivity index (χ4n) is 6.79. The van der Waals surface area contributed by atoms with Crippen LogP contribution >= 0.6 is 0 Å². The maximum atomic E-state index is 14.2. The number of carbonyl (C=O) groups is 7. The SMILES string of the molecule is CCCCC(NC(=O)C1C2C(CN1C(=O)C(NC(=O)OC(C)CC)C(C)(C)C)C2(C)C)C(=O)C(=O)NCC(=O)NC(C(=O)N(C)C)c1ccccc1. The Morgan fingerprint density at radius 2 is 1.62 bits per heavy atom. The number of unbranched alkanes of at least 4 members (excludes halogenated alkanes) is 1. The van der Waals surface area contributed by atoms with Crippen molar-refractivity contribution in [2.24, 2.45) is 22.7 Å². The molecule has 2 fully saturated rings. The van der Waals surface area contributed by atoms with Crippen LogP contribution in [0, 0.1) is 22.7 Å². The van der Waals surface area contributed by atoms with E-state index in [0.717, 1.165) is 0 Å². The minimum atomic E-state index is -1.21. The molecule has 288 valence electrons. The van der Waals surface area contributed by atoms with E-state index < -0.39 is 71.6 Å². The van der Waals surface area contributed by atoms with Crippen molar-refractivity contribution in [1.29, 1.82) is 0 Å². The lowest BCUT2D eigenvalue weighted by Gasteiger charge is -2.37. The highest BCUT2D eigenvalue weighted by Crippen LogP contribution is 2.65. The fourth-order valence-corrected chi connectivity index (χ4v) is 6.79. The maximum absolute atomic E-state index is 14.2. The minimum absolute atomic E-state index is 0.0329. The standard InChI is InChI=1S/C38H58N6O8/c1-11-13-19-25(30(46)33(48)39-20-26(45)41-28(34(49)43(9)10)23-17-15-14-16-18-23)40-32(47)29-27-24(38(27,7)8)21-44(29)35(50)31(37(4,5)6)42-36(51)52-22(3)12-2/h14-18,22,24-25,27-29,31H,11-13,19-21H2,1-10H3,(H,39,48)(H,40,47)(H,41,45)(H,42,51). The Bertz CT molecular complexity index is 1490. The van der Waals surface area contributed by atoms with Crippen LogP contribution in [0.25, 0.3) is 0 Å². The number of hydrogen-bond acceptors (Lipinski definition) is 8. The first-order valence-corrected chi connectivity index (χ1v) is 18.2. The molecule has 1 saturated heterocycles. The van der Waals surface area contributed by atoms with E-state index in [2.05, 4.69) is 21.3 Å². The fraction of sp³-hybridized carbons (Fsp3) is 0.658. The number of nitrogens with zero attached hydrogens (tertiary/aromatic N) is 2. The number of ketones is 1. The molecule has 0 radical (unpaired) electrons. The lowest BCUT2D eigenvalue weighted by atomic mass is 9.85. The number of alkyl carbamates (subject to hydrolysis) is 1. The van der Waals surface area contributed by atoms with Gasteiger partial charge in [0.1, 0.15) is 24.2 Å². The summed E-state index contributed by atoms with van der Waals surface area (Å²) in [6.07, 6.45) is 0.899. The van der Waals surface area contributed by atoms with Crippen molar-refractivity contribution in [2.75, 3.05) is 27.2 Å². The van der Waals surface area contributed by atoms with Crippen LogP contribution in [0.1, 0.15) is 92.7 Å². The molecule has 14 nitrogen and oxygen atoms in total. The Hall–Kier alpha value is -4.49. The third-order valence-corrected chi connectivity index (χ3v) is 10.3. The summed E-state index contributed by atoms with van der Waals surface area (Å²) in [5.41, 5.74) is -0.409. The summed E-state index contributed by atoms with van der Waals surface area (Å²) in [6, 6.07) is 4.51. The van der Waals surface area contributed by atoms with E-state index in [-0.39, 0.29) is 35.7 Å². The molecule has 52 heavy (non-hydrogen) atoms. The zero-order chi connectivity index (χ0) is 39.1. The maximum Gasteiger partial charge on any atom is 0.408 e. The highest BCUT2D eigenvalue weighted by Gasteiger charge is 2.70. The topological polar surface area (TPSA) is 183 Å². The highest BCUT2D eigenvalue weighted by molar-refractivity contribution is 6.38. The van der Waals surface area contributed by atoms with E-state index in [9.17, 15) is 33.6 Å². The Kier molecular flexibility index (Phi) is 14.0. The zero-order valence-electron chi connectivity index (χ0n) is 32.3. The normalized spacial score (nSPS) is 21.0. The van der Waals surface area contributed by atoms with E-state index in [1.807, 2.05) is 48.5 Å². The molecule has 0 bridgehead atoms. The van der Waals surface area contributed by atoms with Gasteiger partial charge in [-0.15, -0.1) is 0 Å². The van der Waals surface area contributed by atoms with Gasteiger partial charge in [0, 0.05) is 20.6 Å². The molecule has 7 unspecified atom stereocenters. The van der Waals surface area contributed by atoms with Gasteiger partial charge in [-0.1, -0.05) is 91.6 Å². The molecule has 1 aromatic rings. The van der Waals surface area contributed by atoms with Gasteiger partial charge >= 0.3 is 6.09 Å². The zero-order valence-corrected chi connectivity index (χ0v) is 32.3. The average molecular weight is 727 g/mol. The number of rotatable bonds is 16. The van der Waals surface area contributed by atoms with E-state index in [4.69, 9.17) is 4.74 Å². The number of Topliss-reactive ketones (excluding diaryl/α,β-unsaturated/α-hetero) is 1. The molecule has 1 heterocycles. The van der Waals surface area contributed by atoms with Gasteiger partial charge in [-0.25, -0.2) is 4.79 Å². The molecule has 6 amide bonds. The second kappa shape index (κ2) is 17.4. The molecule has 0 aromatic heterocycles. The molecule has 7 atom stereocenters. The molecule has 14 heteroatoms. The predicted octanol–water partition coefficient (Wildman–Crippen LogP) is 2.71. The molecule has 1 saturated carbocycles. The average Bonchev–Trinajstić information content (AvgIpc) is 3.39. The van der Waals surface area contributed by atoms with Crippen LogP contribution in [-0.4, -0.2) is 103 Å². The number of hydrogen-bond donors (Lipinski definition) is 4. The number of carbonyl (C=O) groups excluding carboxylic acids is 7. The number of benzene rings is 1. The van der Waals surface area contributed by atoms with Crippen molar-refractivity contribution in [3.8, 4) is 0 Å². The van der Waals surface area contributed by atoms with E-state index in [1.54, 1.807) is 51.4 Å². The van der Waals surface area contributed by atoms with Crippen molar-refractivity contribution >= 4 is 41.4 Å². The summed E-state index contributed by atoms with van der Waals surface area (Å²) < 4.78 is 5.39. The van der Waals surface area contributed by atoms with Gasteiger partial charge in [-0.3, -0.25) is 28.8 Å². The Balaban J connectivity index is 1.75. The van der Waals surface area contributed by atoms with Crippen LogP contribution in [-0.2, 0) is 33.5 Å². The molecule has 1 aromatic carbocycles. The molecule has 2 aliphatic rings. The van der Waals surface area contributed by atoms with Gasteiger partial charge in [-0.05, 0) is 48.0 Å². The van der Waals surface area contributed by atoms with Gasteiger partial charge in [0.2, 0.25) is 29.4 Å². The number of likely N-dealkylation sites (N-methyl/N-ethyl adjacent to an activating group) is 1. The monoisotopic (exact) mass is 726 g/mol. The van der Waals surface area contributed by atoms with Gasteiger partial charge in [0.05, 0.1) is 12.6 Å². The van der Waals surface area contributed by atoms with Crippen molar-refractivity contribution in [3.63, 3.8) is 0 Å². The van der Waals surface area contributed by atoms with Crippen LogP contribution in [0.4, 0.5) is 4.79 Å². The Morgan fingerprint density at radius 3 is 2.17 bits per heavy atom. The lowest BCUT2D eigenvalue weighted by Crippen LogP contribution is -2.60. The van der Waals surface area contributed by atoms with E-state index in [0.29, 0.717) is 31.4 Å². The summed E-state index contributed by atoms with van der Waals surface area (Å²) in [5, 5.41) is 10.4. The largest absolute Gasteiger partial charge is 0.447 e. The first-order valence-electron chi connectivity index (χ1n) is 18.2. The van der Waals surface area contributed by atoms with Crippen molar-refractivity contribution < 1.29 is 38.3 Å². The van der Waals surface area contributed by atoms with Gasteiger partial charge in [0.25, 0.3) is 5.91 Å². The number of piperidine rings is 1. The summed E-state index contributed by atoms with van der Waals surface area (Å²) in [5.74, 6) is -4.20. The summed E-state index contributed by atoms with van der Waals surface area (Å²) in [7, 11) is 3.12. The Labute approximate surface area is 307 Å². The van der Waals surface area contributed by atoms with E-state index >= 15 is 0 Å². The number of likely N-dealkylation sites (tertiary alicyclic amines) is 1. The minimum Gasteiger partial charge on any atom is -0.447 e. The van der Waals surface area contributed by atoms with Crippen LogP contribution < -0.4 is 21.3 Å². The lowest BCUT2D eigenvalue weighted by molar-refractivity contribution is -0.145. The Morgan fingerprint density at radius 1 is 0.981 bits per heavy atom. The second-order valence-electron chi connectivity index (χ2n) is 15.9. The van der Waals surface area contributed by atoms with Crippen LogP contribution in [0.15, 0.2) is 30.3 Å². The number of fused-ring (bicyclic) bond motifs is 1. The van der Waals surface area contributed by atoms with Crippen LogP contribution in [0.3, 0.4) is 0 Å². The van der Waals surface area contributed by atoms with Gasteiger partial charge in [0.15, 0.2) is 0 Å². The first-order chi connectivity index (χ1) is 24.3. The summed E-state index contributed by atoms with van der Waals surface area (Å²) >= 11 is 0. The molecule has 3 rings (SSSR count). The second-order valence-corrected chi connectivity index (χ2v) is 15.9. The molecule has 0 spiro atoms. The predicted molar refractivity (Wildman–Crippen MR) is 194 cm³/mol. The molecule has 1 aliphatic heterocycles. The number of ether oxygens (including phenoxy) is 1. The first kappa shape index (κ1) is 41.9. The summed E-state index contributed by atoms with van der Waals surface area (Å²) in [4.78, 5) is 96.1. The molecule has 1 aliphatic carbocycles. The third kappa shape index (κ3) is 10.1. The number of nitrogens with one attached hydrogen (secondary N) is 4. The third-order valence-electron chi connectivity index (χ3n) is 10.3. The molecular weight excluding hydrogens is 668 g/mol. The van der Waals surface area contributed by atoms with Gasteiger partial charge < -0.3 is 35.8 Å².